The molecule has 0 saturated carbocycles. The van der Waals surface area contributed by atoms with Crippen molar-refractivity contribution in [2.45, 2.75) is 18.7 Å². The van der Waals surface area contributed by atoms with Crippen molar-refractivity contribution in [1.82, 2.24) is 5.32 Å². The van der Waals surface area contributed by atoms with Crippen molar-refractivity contribution in [2.75, 3.05) is 25.1 Å². The lowest BCUT2D eigenvalue weighted by Crippen LogP contribution is -2.35. The van der Waals surface area contributed by atoms with E-state index in [9.17, 15) is 21.6 Å². The van der Waals surface area contributed by atoms with Crippen LogP contribution in [-0.4, -0.2) is 39.6 Å². The van der Waals surface area contributed by atoms with Gasteiger partial charge in [-0.1, -0.05) is 0 Å². The average Bonchev–Trinajstić information content (AvgIpc) is 2.98. The molecule has 5 nitrogen and oxygen atoms in total. The summed E-state index contributed by atoms with van der Waals surface area (Å²) in [6, 6.07) is 4.39. The van der Waals surface area contributed by atoms with E-state index in [0.717, 1.165) is 31.0 Å². The fourth-order valence-electron chi connectivity index (χ4n) is 2.67. The molecule has 1 N–H and O–H groups in total. The Balaban J connectivity index is 2.27. The molecule has 0 bridgehead atoms. The number of nitrogens with one attached hydrogen (secondary N) is 1. The summed E-state index contributed by atoms with van der Waals surface area (Å²) in [5.41, 5.74) is -1.60. The first kappa shape index (κ1) is 18.5. The molecule has 24 heavy (non-hydrogen) atoms. The molecule has 1 saturated heterocycles. The lowest BCUT2D eigenvalue weighted by Gasteiger charge is -2.24. The van der Waals surface area contributed by atoms with Gasteiger partial charge in [-0.25, -0.2) is 8.42 Å². The summed E-state index contributed by atoms with van der Waals surface area (Å²) in [4.78, 5) is 0. The lowest BCUT2D eigenvalue weighted by molar-refractivity contribution is -0.137. The highest BCUT2D eigenvalue weighted by Gasteiger charge is 2.34. The normalized spacial score (nSPS) is 19.7. The van der Waals surface area contributed by atoms with Crippen LogP contribution in [0.1, 0.15) is 17.5 Å². The number of ether oxygens (including phenoxy) is 1. The van der Waals surface area contributed by atoms with E-state index in [-0.39, 0.29) is 17.4 Å². The van der Waals surface area contributed by atoms with Crippen LogP contribution in [0.25, 0.3) is 0 Å². The van der Waals surface area contributed by atoms with Crippen LogP contribution in [0.15, 0.2) is 18.2 Å². The molecule has 0 spiro atoms. The van der Waals surface area contributed by atoms with Crippen molar-refractivity contribution in [1.29, 1.82) is 5.26 Å². The first-order chi connectivity index (χ1) is 11.1. The van der Waals surface area contributed by atoms with Crippen LogP contribution >= 0.6 is 0 Å². The number of alkyl halides is 3. The molecule has 1 aliphatic rings. The van der Waals surface area contributed by atoms with Gasteiger partial charge >= 0.3 is 6.18 Å². The van der Waals surface area contributed by atoms with Gasteiger partial charge in [0, 0.05) is 18.7 Å². The number of nitriles is 1. The Morgan fingerprint density at radius 2 is 2.17 bits per heavy atom. The van der Waals surface area contributed by atoms with E-state index in [1.54, 1.807) is 0 Å². The van der Waals surface area contributed by atoms with Crippen molar-refractivity contribution in [3.8, 4) is 11.8 Å². The summed E-state index contributed by atoms with van der Waals surface area (Å²) < 4.78 is 67.3. The Kier molecular flexibility index (Phi) is 5.40. The lowest BCUT2D eigenvalue weighted by atomic mass is 10.0. The number of halogens is 3. The number of sulfone groups is 1. The zero-order chi connectivity index (χ0) is 18.0. The Morgan fingerprint density at radius 1 is 1.46 bits per heavy atom. The minimum Gasteiger partial charge on any atom is -0.489 e. The van der Waals surface area contributed by atoms with Gasteiger partial charge in [-0.2, -0.15) is 18.4 Å². The Morgan fingerprint density at radius 3 is 2.67 bits per heavy atom. The molecule has 1 fully saturated rings. The SMILES string of the molecule is CS(=O)(=O)C[C@H](Oc1ccc(C(F)(F)F)c(C#N)c1)[C@H]1CCNC1. The maximum Gasteiger partial charge on any atom is 0.417 e. The molecule has 2 atom stereocenters. The van der Waals surface area contributed by atoms with Crippen LogP contribution in [-0.2, 0) is 16.0 Å². The van der Waals surface area contributed by atoms with Gasteiger partial charge in [-0.05, 0) is 31.2 Å². The first-order valence-corrected chi connectivity index (χ1v) is 9.32. The minimum atomic E-state index is -4.63. The van der Waals surface area contributed by atoms with Crippen LogP contribution in [0.4, 0.5) is 13.2 Å². The van der Waals surface area contributed by atoms with Crippen LogP contribution in [0, 0.1) is 17.2 Å². The largest absolute Gasteiger partial charge is 0.489 e. The maximum absolute atomic E-state index is 12.8. The van der Waals surface area contributed by atoms with Gasteiger partial charge in [-0.15, -0.1) is 0 Å². The Hall–Kier alpha value is -1.79. The summed E-state index contributed by atoms with van der Waals surface area (Å²) in [6.45, 7) is 1.30. The highest BCUT2D eigenvalue weighted by Crippen LogP contribution is 2.34. The van der Waals surface area contributed by atoms with E-state index in [0.29, 0.717) is 13.0 Å². The van der Waals surface area contributed by atoms with E-state index in [4.69, 9.17) is 10.00 Å². The fraction of sp³-hybridized carbons (Fsp3) is 0.533. The molecule has 0 unspecified atom stereocenters. The third kappa shape index (κ3) is 4.85. The van der Waals surface area contributed by atoms with Gasteiger partial charge in [-0.3, -0.25) is 0 Å². The fourth-order valence-corrected chi connectivity index (χ4v) is 3.61. The van der Waals surface area contributed by atoms with E-state index >= 15 is 0 Å². The van der Waals surface area contributed by atoms with Crippen molar-refractivity contribution >= 4 is 9.84 Å². The summed E-state index contributed by atoms with van der Waals surface area (Å²) in [5.74, 6) is -0.241. The predicted octanol–water partition coefficient (Wildman–Crippen LogP) is 1.98. The zero-order valence-corrected chi connectivity index (χ0v) is 13.7. The second-order valence-corrected chi connectivity index (χ2v) is 8.00. The molecule has 0 aliphatic carbocycles. The van der Waals surface area contributed by atoms with Crippen molar-refractivity contribution < 1.29 is 26.3 Å². The van der Waals surface area contributed by atoms with Crippen LogP contribution < -0.4 is 10.1 Å². The van der Waals surface area contributed by atoms with Crippen LogP contribution in [0.3, 0.4) is 0 Å². The molecule has 9 heteroatoms. The van der Waals surface area contributed by atoms with Crippen molar-refractivity contribution in [3.05, 3.63) is 29.3 Å². The van der Waals surface area contributed by atoms with E-state index in [1.807, 2.05) is 0 Å². The van der Waals surface area contributed by atoms with Gasteiger partial charge in [0.25, 0.3) is 0 Å². The molecule has 0 amide bonds. The monoisotopic (exact) mass is 362 g/mol. The third-order valence-corrected chi connectivity index (χ3v) is 4.73. The minimum absolute atomic E-state index is 0.0556. The number of hydrogen-bond donors (Lipinski definition) is 1. The molecule has 0 aromatic heterocycles. The van der Waals surface area contributed by atoms with Crippen molar-refractivity contribution in [2.24, 2.45) is 5.92 Å². The molecule has 0 radical (unpaired) electrons. The van der Waals surface area contributed by atoms with E-state index < -0.39 is 33.2 Å². The number of hydrogen-bond acceptors (Lipinski definition) is 5. The van der Waals surface area contributed by atoms with Crippen molar-refractivity contribution in [3.63, 3.8) is 0 Å². The van der Waals surface area contributed by atoms with Gasteiger partial charge in [0.15, 0.2) is 9.84 Å². The molecule has 1 heterocycles. The van der Waals surface area contributed by atoms with E-state index in [2.05, 4.69) is 5.32 Å². The predicted molar refractivity (Wildman–Crippen MR) is 81.3 cm³/mol. The average molecular weight is 362 g/mol. The van der Waals surface area contributed by atoms with Gasteiger partial charge in [0.05, 0.1) is 22.9 Å². The van der Waals surface area contributed by atoms with Crippen LogP contribution in [0.2, 0.25) is 0 Å². The second kappa shape index (κ2) is 6.99. The van der Waals surface area contributed by atoms with Crippen LogP contribution in [0.5, 0.6) is 5.75 Å². The summed E-state index contributed by atoms with van der Waals surface area (Å²) in [5, 5.41) is 12.0. The first-order valence-electron chi connectivity index (χ1n) is 7.26. The molecular formula is C15H17F3N2O3S. The molecule has 1 aromatic rings. The Bertz CT molecular complexity index is 735. The number of nitrogens with zero attached hydrogens (tertiary/aromatic N) is 1. The highest BCUT2D eigenvalue weighted by atomic mass is 32.2. The number of rotatable bonds is 5. The third-order valence-electron chi connectivity index (χ3n) is 3.80. The molecule has 132 valence electrons. The van der Waals surface area contributed by atoms with E-state index in [1.165, 1.54) is 6.07 Å². The Labute approximate surface area is 138 Å². The topological polar surface area (TPSA) is 79.2 Å². The highest BCUT2D eigenvalue weighted by molar-refractivity contribution is 7.90. The molecule has 2 rings (SSSR count). The quantitative estimate of drug-likeness (QED) is 0.866. The van der Waals surface area contributed by atoms with Gasteiger partial charge in [0.2, 0.25) is 0 Å². The zero-order valence-electron chi connectivity index (χ0n) is 12.9. The maximum atomic E-state index is 12.8. The standard InChI is InChI=1S/C15H17F3N2O3S/c1-24(21,22)9-14(10-4-5-20-8-10)23-12-2-3-13(15(16,17)18)11(6-12)7-19/h2-3,6,10,14,20H,4-5,8-9H2,1H3/t10-,14-/m0/s1. The van der Waals surface area contributed by atoms with Gasteiger partial charge < -0.3 is 10.1 Å². The second-order valence-electron chi connectivity index (χ2n) is 5.82. The molecule has 1 aromatic carbocycles. The van der Waals surface area contributed by atoms with Gasteiger partial charge in [0.1, 0.15) is 11.9 Å². The smallest absolute Gasteiger partial charge is 0.417 e. The summed E-state index contributed by atoms with van der Waals surface area (Å²) in [6.07, 6.45) is -3.52. The molecular weight excluding hydrogens is 345 g/mol. The summed E-state index contributed by atoms with van der Waals surface area (Å²) in [7, 11) is -3.33. The summed E-state index contributed by atoms with van der Waals surface area (Å²) >= 11 is 0. The molecule has 1 aliphatic heterocycles. The number of benzene rings is 1.